The van der Waals surface area contributed by atoms with Crippen molar-refractivity contribution in [3.05, 3.63) is 170 Å². The van der Waals surface area contributed by atoms with E-state index < -0.39 is 0 Å². The van der Waals surface area contributed by atoms with Crippen molar-refractivity contribution in [1.82, 2.24) is 9.13 Å². The van der Waals surface area contributed by atoms with Crippen LogP contribution in [0.5, 0.6) is 0 Å². The van der Waals surface area contributed by atoms with Crippen molar-refractivity contribution in [3.8, 4) is 22.5 Å². The van der Waals surface area contributed by atoms with Gasteiger partial charge in [-0.3, -0.25) is 0 Å². The molecule has 0 bridgehead atoms. The summed E-state index contributed by atoms with van der Waals surface area (Å²) in [7, 11) is 0. The first kappa shape index (κ1) is 28.5. The van der Waals surface area contributed by atoms with Crippen molar-refractivity contribution < 1.29 is 0 Å². The molecule has 0 N–H and O–H groups in total. The number of para-hydroxylation sites is 3. The van der Waals surface area contributed by atoms with Crippen LogP contribution < -0.4 is 0 Å². The molecule has 0 fully saturated rings. The maximum atomic E-state index is 2.45. The number of fused-ring (bicyclic) bond motifs is 12. The Kier molecular flexibility index (Phi) is 5.84. The molecular formula is C48H28N2S2. The van der Waals surface area contributed by atoms with Gasteiger partial charge >= 0.3 is 0 Å². The fourth-order valence-electron chi connectivity index (χ4n) is 8.72. The monoisotopic (exact) mass is 696 g/mol. The number of rotatable bonds is 3. The van der Waals surface area contributed by atoms with E-state index in [9.17, 15) is 0 Å². The molecule has 0 radical (unpaired) electrons. The summed E-state index contributed by atoms with van der Waals surface area (Å²) in [6, 6.07) is 62.8. The standard InChI is InChI=1S/C48H28N2S2/c1-5-18-40-31(11-1)32-12-2-6-19-41(32)49(40)29-23-25-43-38(27-29)33-13-3-7-20-42(33)50(43)30-24-26-45-39(28-30)36-17-9-16-35(48(36)52-45)34-15-10-22-46-47(34)37-14-4-8-21-44(37)51-46/h1-28H. The van der Waals surface area contributed by atoms with Crippen molar-refractivity contribution in [2.75, 3.05) is 0 Å². The molecule has 4 heteroatoms. The van der Waals surface area contributed by atoms with Gasteiger partial charge in [0, 0.05) is 78.8 Å². The molecule has 0 atom stereocenters. The van der Waals surface area contributed by atoms with E-state index in [1.54, 1.807) is 0 Å². The molecule has 242 valence electrons. The third-order valence-electron chi connectivity index (χ3n) is 10.9. The van der Waals surface area contributed by atoms with Crippen LogP contribution in [0.3, 0.4) is 0 Å². The minimum absolute atomic E-state index is 1.17. The second-order valence-electron chi connectivity index (χ2n) is 13.7. The van der Waals surface area contributed by atoms with Crippen LogP contribution in [0.4, 0.5) is 0 Å². The van der Waals surface area contributed by atoms with Gasteiger partial charge in [-0.1, -0.05) is 103 Å². The summed E-state index contributed by atoms with van der Waals surface area (Å²) in [5.41, 5.74) is 9.85. The van der Waals surface area contributed by atoms with Crippen LogP contribution in [0, 0.1) is 0 Å². The van der Waals surface area contributed by atoms with Gasteiger partial charge in [0.1, 0.15) is 0 Å². The van der Waals surface area contributed by atoms with Gasteiger partial charge in [0.2, 0.25) is 0 Å². The Hall–Kier alpha value is -6.20. The lowest BCUT2D eigenvalue weighted by atomic mass is 9.98. The number of hydrogen-bond donors (Lipinski definition) is 0. The van der Waals surface area contributed by atoms with Gasteiger partial charge in [-0.05, 0) is 72.3 Å². The highest BCUT2D eigenvalue weighted by Gasteiger charge is 2.19. The molecule has 0 aliphatic carbocycles. The summed E-state index contributed by atoms with van der Waals surface area (Å²) in [6.45, 7) is 0. The summed E-state index contributed by atoms with van der Waals surface area (Å²) in [4.78, 5) is 0. The van der Waals surface area contributed by atoms with Crippen LogP contribution >= 0.6 is 22.7 Å². The van der Waals surface area contributed by atoms with Crippen molar-refractivity contribution in [2.24, 2.45) is 0 Å². The van der Waals surface area contributed by atoms with Gasteiger partial charge in [-0.15, -0.1) is 22.7 Å². The minimum atomic E-state index is 1.17. The predicted octanol–water partition coefficient (Wildman–Crippen LogP) is 14.3. The van der Waals surface area contributed by atoms with Gasteiger partial charge in [-0.25, -0.2) is 0 Å². The van der Waals surface area contributed by atoms with E-state index in [0.717, 1.165) is 0 Å². The molecule has 12 aromatic rings. The SMILES string of the molecule is c1ccc2c(c1)sc1cccc(-c3cccc4c3sc3ccc(-n5c6ccccc6c6cc(-n7c8ccccc8c8ccccc87)ccc65)cc34)c12. The number of aromatic nitrogens is 2. The molecule has 12 rings (SSSR count). The zero-order valence-electron chi connectivity index (χ0n) is 27.9. The third-order valence-corrected chi connectivity index (χ3v) is 13.3. The lowest BCUT2D eigenvalue weighted by molar-refractivity contribution is 1.17. The topological polar surface area (TPSA) is 9.86 Å². The van der Waals surface area contributed by atoms with Crippen LogP contribution in [0.25, 0.3) is 106 Å². The van der Waals surface area contributed by atoms with Crippen molar-refractivity contribution in [3.63, 3.8) is 0 Å². The molecule has 4 aromatic heterocycles. The lowest BCUT2D eigenvalue weighted by Crippen LogP contribution is -1.95. The van der Waals surface area contributed by atoms with Crippen molar-refractivity contribution >= 4 is 107 Å². The summed E-state index contributed by atoms with van der Waals surface area (Å²) in [5.74, 6) is 0. The Labute approximate surface area is 306 Å². The number of thiophene rings is 2. The van der Waals surface area contributed by atoms with E-state index in [1.165, 1.54) is 106 Å². The van der Waals surface area contributed by atoms with Gasteiger partial charge in [0.15, 0.2) is 0 Å². The molecule has 0 spiro atoms. The molecule has 8 aromatic carbocycles. The Morgan fingerprint density at radius 3 is 1.54 bits per heavy atom. The zero-order chi connectivity index (χ0) is 33.9. The van der Waals surface area contributed by atoms with E-state index in [1.807, 2.05) is 22.7 Å². The van der Waals surface area contributed by atoms with E-state index in [-0.39, 0.29) is 0 Å². The second-order valence-corrected chi connectivity index (χ2v) is 15.8. The second kappa shape index (κ2) is 10.7. The van der Waals surface area contributed by atoms with Gasteiger partial charge in [0.25, 0.3) is 0 Å². The molecule has 0 aliphatic heterocycles. The van der Waals surface area contributed by atoms with Crippen LogP contribution in [0.15, 0.2) is 170 Å². The van der Waals surface area contributed by atoms with E-state index in [0.29, 0.717) is 0 Å². The van der Waals surface area contributed by atoms with Crippen LogP contribution in [-0.2, 0) is 0 Å². The molecule has 52 heavy (non-hydrogen) atoms. The minimum Gasteiger partial charge on any atom is -0.309 e. The maximum absolute atomic E-state index is 2.45. The molecule has 0 unspecified atom stereocenters. The average Bonchev–Trinajstić information content (AvgIpc) is 3.95. The molecule has 0 amide bonds. The van der Waals surface area contributed by atoms with E-state index in [2.05, 4.69) is 179 Å². The number of hydrogen-bond acceptors (Lipinski definition) is 2. The normalized spacial score (nSPS) is 12.2. The largest absolute Gasteiger partial charge is 0.309 e. The Morgan fingerprint density at radius 2 is 0.808 bits per heavy atom. The maximum Gasteiger partial charge on any atom is 0.0542 e. The summed E-state index contributed by atoms with van der Waals surface area (Å²) < 4.78 is 10.2. The van der Waals surface area contributed by atoms with Crippen LogP contribution in [-0.4, -0.2) is 9.13 Å². The average molecular weight is 697 g/mol. The van der Waals surface area contributed by atoms with Crippen molar-refractivity contribution in [1.29, 1.82) is 0 Å². The first-order chi connectivity index (χ1) is 25.8. The molecule has 4 heterocycles. The fraction of sp³-hybridized carbons (Fsp3) is 0. The highest BCUT2D eigenvalue weighted by molar-refractivity contribution is 7.26. The third kappa shape index (κ3) is 3.88. The molecule has 0 aliphatic rings. The Morgan fingerprint density at radius 1 is 0.308 bits per heavy atom. The Balaban J connectivity index is 1.07. The quantitative estimate of drug-likeness (QED) is 0.174. The first-order valence-electron chi connectivity index (χ1n) is 17.7. The molecule has 0 saturated carbocycles. The zero-order valence-corrected chi connectivity index (χ0v) is 29.5. The summed E-state index contributed by atoms with van der Waals surface area (Å²) in [6.07, 6.45) is 0. The van der Waals surface area contributed by atoms with E-state index in [4.69, 9.17) is 0 Å². The summed E-state index contributed by atoms with van der Waals surface area (Å²) >= 11 is 3.79. The number of nitrogens with zero attached hydrogens (tertiary/aromatic N) is 2. The first-order valence-corrected chi connectivity index (χ1v) is 19.3. The molecular weight excluding hydrogens is 669 g/mol. The Bertz CT molecular complexity index is 3370. The van der Waals surface area contributed by atoms with Gasteiger partial charge in [0.05, 0.1) is 22.1 Å². The summed E-state index contributed by atoms with van der Waals surface area (Å²) in [5, 5.41) is 10.4. The highest BCUT2D eigenvalue weighted by atomic mass is 32.1. The fourth-order valence-corrected chi connectivity index (χ4v) is 11.1. The lowest BCUT2D eigenvalue weighted by Gasteiger charge is -2.11. The van der Waals surface area contributed by atoms with Crippen LogP contribution in [0.1, 0.15) is 0 Å². The van der Waals surface area contributed by atoms with E-state index >= 15 is 0 Å². The van der Waals surface area contributed by atoms with Crippen molar-refractivity contribution in [2.45, 2.75) is 0 Å². The predicted molar refractivity (Wildman–Crippen MR) is 226 cm³/mol. The van der Waals surface area contributed by atoms with Crippen LogP contribution in [0.2, 0.25) is 0 Å². The van der Waals surface area contributed by atoms with Gasteiger partial charge in [-0.2, -0.15) is 0 Å². The number of benzene rings is 8. The highest BCUT2D eigenvalue weighted by Crippen LogP contribution is 2.46. The van der Waals surface area contributed by atoms with Gasteiger partial charge < -0.3 is 9.13 Å². The molecule has 2 nitrogen and oxygen atoms in total. The smallest absolute Gasteiger partial charge is 0.0542 e. The molecule has 0 saturated heterocycles.